The summed E-state index contributed by atoms with van der Waals surface area (Å²) < 4.78 is 0. The van der Waals surface area contributed by atoms with Crippen molar-refractivity contribution in [1.29, 1.82) is 0 Å². The van der Waals surface area contributed by atoms with Crippen LogP contribution in [0.3, 0.4) is 0 Å². The zero-order valence-corrected chi connectivity index (χ0v) is 20.6. The molecule has 0 radical (unpaired) electrons. The van der Waals surface area contributed by atoms with Crippen LogP contribution < -0.4 is 9.96 Å². The van der Waals surface area contributed by atoms with Gasteiger partial charge in [0.25, 0.3) is 5.91 Å². The molecule has 180 valence electrons. The Hall–Kier alpha value is -3.96. The van der Waals surface area contributed by atoms with Gasteiger partial charge in [0.05, 0.1) is 17.4 Å². The van der Waals surface area contributed by atoms with E-state index in [1.807, 2.05) is 72.8 Å². The van der Waals surface area contributed by atoms with Gasteiger partial charge in [-0.05, 0) is 40.1 Å². The highest BCUT2D eigenvalue weighted by atomic mass is 16.7. The van der Waals surface area contributed by atoms with Crippen LogP contribution in [0.4, 0.5) is 11.4 Å². The van der Waals surface area contributed by atoms with Crippen LogP contribution in [0, 0.1) is 5.92 Å². The van der Waals surface area contributed by atoms with Gasteiger partial charge in [0, 0.05) is 5.39 Å². The molecule has 0 saturated carbocycles. The van der Waals surface area contributed by atoms with Crippen molar-refractivity contribution in [1.82, 2.24) is 0 Å². The molecule has 0 aliphatic carbocycles. The summed E-state index contributed by atoms with van der Waals surface area (Å²) in [4.78, 5) is 35.4. The van der Waals surface area contributed by atoms with E-state index in [0.29, 0.717) is 5.69 Å². The molecule has 5 heteroatoms. The highest BCUT2D eigenvalue weighted by Gasteiger charge is 2.60. The van der Waals surface area contributed by atoms with Crippen LogP contribution in [-0.4, -0.2) is 17.9 Å². The molecule has 0 spiro atoms. The first-order valence-corrected chi connectivity index (χ1v) is 12.3. The van der Waals surface area contributed by atoms with Crippen molar-refractivity contribution < 1.29 is 14.4 Å². The van der Waals surface area contributed by atoms with E-state index >= 15 is 0 Å². The maximum Gasteiger partial charge on any atom is 0.266 e. The van der Waals surface area contributed by atoms with E-state index in [4.69, 9.17) is 4.84 Å². The van der Waals surface area contributed by atoms with Gasteiger partial charge in [-0.3, -0.25) is 14.4 Å². The van der Waals surface area contributed by atoms with Crippen LogP contribution in [0.5, 0.6) is 0 Å². The van der Waals surface area contributed by atoms with Gasteiger partial charge in [0.15, 0.2) is 6.10 Å². The summed E-state index contributed by atoms with van der Waals surface area (Å²) in [6, 6.07) is 31.1. The molecule has 4 aromatic rings. The highest BCUT2D eigenvalue weighted by molar-refractivity contribution is 6.26. The van der Waals surface area contributed by atoms with Crippen molar-refractivity contribution >= 4 is 34.0 Å². The molecule has 3 atom stereocenters. The van der Waals surface area contributed by atoms with E-state index in [0.717, 1.165) is 22.0 Å². The Morgan fingerprint density at radius 1 is 0.722 bits per heavy atom. The summed E-state index contributed by atoms with van der Waals surface area (Å²) in [6.07, 6.45) is -0.885. The van der Waals surface area contributed by atoms with Crippen LogP contribution in [0.15, 0.2) is 97.1 Å². The quantitative estimate of drug-likeness (QED) is 0.331. The number of anilines is 2. The van der Waals surface area contributed by atoms with Crippen LogP contribution in [-0.2, 0) is 19.8 Å². The standard InChI is InChI=1S/C31H28N2O3/c1-31(2,3)22-18-16-21(17-19-22)27-26-28(36-33(27)23-12-5-4-6-13-23)30(35)32(29(26)34)25-15-9-11-20-10-7-8-14-24(20)25/h4-19,26-28H,1-3H3/t26-,27-,28+/m1/s1. The van der Waals surface area contributed by atoms with Gasteiger partial charge in [0.1, 0.15) is 5.92 Å². The fourth-order valence-electron chi connectivity index (χ4n) is 5.37. The lowest BCUT2D eigenvalue weighted by Gasteiger charge is -2.29. The van der Waals surface area contributed by atoms with Gasteiger partial charge >= 0.3 is 0 Å². The lowest BCUT2D eigenvalue weighted by molar-refractivity contribution is -0.126. The molecule has 2 fully saturated rings. The molecular weight excluding hydrogens is 448 g/mol. The predicted octanol–water partition coefficient (Wildman–Crippen LogP) is 6.19. The molecule has 2 amide bonds. The fourth-order valence-corrected chi connectivity index (χ4v) is 5.37. The van der Waals surface area contributed by atoms with Gasteiger partial charge in [0.2, 0.25) is 5.91 Å². The monoisotopic (exact) mass is 476 g/mol. The Labute approximate surface area is 210 Å². The molecular formula is C31H28N2O3. The van der Waals surface area contributed by atoms with Gasteiger partial charge in [-0.15, -0.1) is 0 Å². The van der Waals surface area contributed by atoms with Gasteiger partial charge in [-0.2, -0.15) is 0 Å². The van der Waals surface area contributed by atoms with Crippen molar-refractivity contribution in [2.45, 2.75) is 38.3 Å². The SMILES string of the molecule is CC(C)(C)c1ccc([C@@H]2[C@H]3C(=O)N(c4cccc5ccccc45)C(=O)[C@H]3ON2c2ccccc2)cc1. The van der Waals surface area contributed by atoms with Crippen molar-refractivity contribution in [2.24, 2.45) is 5.92 Å². The van der Waals surface area contributed by atoms with E-state index in [1.54, 1.807) is 5.06 Å². The third kappa shape index (κ3) is 3.50. The van der Waals surface area contributed by atoms with Gasteiger partial charge < -0.3 is 0 Å². The zero-order chi connectivity index (χ0) is 25.0. The second kappa shape index (κ2) is 8.32. The molecule has 5 nitrogen and oxygen atoms in total. The average Bonchev–Trinajstić information content (AvgIpc) is 3.39. The Morgan fingerprint density at radius 2 is 1.39 bits per heavy atom. The highest BCUT2D eigenvalue weighted by Crippen LogP contribution is 2.48. The summed E-state index contributed by atoms with van der Waals surface area (Å²) in [7, 11) is 0. The van der Waals surface area contributed by atoms with E-state index in [9.17, 15) is 9.59 Å². The first-order chi connectivity index (χ1) is 17.3. The molecule has 4 aromatic carbocycles. The van der Waals surface area contributed by atoms with Gasteiger partial charge in [-0.1, -0.05) is 99.6 Å². The molecule has 0 N–H and O–H groups in total. The van der Waals surface area contributed by atoms with Crippen molar-refractivity contribution in [3.8, 4) is 0 Å². The molecule has 6 rings (SSSR count). The summed E-state index contributed by atoms with van der Waals surface area (Å²) in [5, 5.41) is 3.60. The maximum atomic E-state index is 14.0. The maximum absolute atomic E-state index is 14.0. The molecule has 2 heterocycles. The number of nitrogens with zero attached hydrogens (tertiary/aromatic N) is 2. The number of fused-ring (bicyclic) bond motifs is 2. The fraction of sp³-hybridized carbons (Fsp3) is 0.226. The van der Waals surface area contributed by atoms with Crippen molar-refractivity contribution in [3.63, 3.8) is 0 Å². The lowest BCUT2D eigenvalue weighted by Crippen LogP contribution is -2.37. The number of benzene rings is 4. The second-order valence-corrected chi connectivity index (χ2v) is 10.5. The molecule has 2 saturated heterocycles. The average molecular weight is 477 g/mol. The summed E-state index contributed by atoms with van der Waals surface area (Å²) in [6.45, 7) is 6.52. The Morgan fingerprint density at radius 3 is 2.11 bits per heavy atom. The van der Waals surface area contributed by atoms with Crippen molar-refractivity contribution in [3.05, 3.63) is 108 Å². The Bertz CT molecular complexity index is 1450. The lowest BCUT2D eigenvalue weighted by atomic mass is 9.84. The molecule has 0 aromatic heterocycles. The molecule has 36 heavy (non-hydrogen) atoms. The minimum absolute atomic E-state index is 0.0106. The van der Waals surface area contributed by atoms with Crippen LogP contribution in [0.1, 0.15) is 37.9 Å². The number of carbonyl (C=O) groups excluding carboxylic acids is 2. The summed E-state index contributed by atoms with van der Waals surface area (Å²) >= 11 is 0. The Kier molecular flexibility index (Phi) is 5.20. The molecule has 0 bridgehead atoms. The number of carbonyl (C=O) groups is 2. The second-order valence-electron chi connectivity index (χ2n) is 10.5. The third-order valence-corrected chi connectivity index (χ3v) is 7.25. The van der Waals surface area contributed by atoms with Crippen molar-refractivity contribution in [2.75, 3.05) is 9.96 Å². The minimum atomic E-state index is -0.885. The third-order valence-electron chi connectivity index (χ3n) is 7.25. The van der Waals surface area contributed by atoms with E-state index < -0.39 is 18.1 Å². The van der Waals surface area contributed by atoms with Crippen LogP contribution in [0.25, 0.3) is 10.8 Å². The van der Waals surface area contributed by atoms with E-state index in [1.165, 1.54) is 10.5 Å². The largest absolute Gasteiger partial charge is 0.273 e. The number of hydrogen-bond donors (Lipinski definition) is 0. The van der Waals surface area contributed by atoms with Crippen LogP contribution >= 0.6 is 0 Å². The summed E-state index contributed by atoms with van der Waals surface area (Å²) in [5.41, 5.74) is 3.58. The summed E-state index contributed by atoms with van der Waals surface area (Å²) in [5.74, 6) is -1.21. The smallest absolute Gasteiger partial charge is 0.266 e. The number of amides is 2. The number of hydroxylamine groups is 1. The molecule has 0 unspecified atom stereocenters. The predicted molar refractivity (Wildman–Crippen MR) is 142 cm³/mol. The molecule has 2 aliphatic heterocycles. The number of rotatable bonds is 3. The van der Waals surface area contributed by atoms with Crippen LogP contribution in [0.2, 0.25) is 0 Å². The minimum Gasteiger partial charge on any atom is -0.273 e. The Balaban J connectivity index is 1.45. The number of imide groups is 1. The topological polar surface area (TPSA) is 49.9 Å². The molecule has 2 aliphatic rings. The first kappa shape index (κ1) is 22.5. The number of hydrogen-bond acceptors (Lipinski definition) is 4. The first-order valence-electron chi connectivity index (χ1n) is 12.3. The van der Waals surface area contributed by atoms with Gasteiger partial charge in [-0.25, -0.2) is 9.96 Å². The normalized spacial score (nSPS) is 21.9. The van der Waals surface area contributed by atoms with E-state index in [-0.39, 0.29) is 17.2 Å². The number of para-hydroxylation sites is 1. The van der Waals surface area contributed by atoms with E-state index in [2.05, 4.69) is 45.0 Å². The zero-order valence-electron chi connectivity index (χ0n) is 20.6.